The molecule has 0 fully saturated rings. The average molecular weight is 258 g/mol. The fourth-order valence-electron chi connectivity index (χ4n) is 1.52. The first-order valence-electron chi connectivity index (χ1n) is 5.49. The quantitative estimate of drug-likeness (QED) is 0.814. The van der Waals surface area contributed by atoms with E-state index in [4.69, 9.17) is 15.6 Å². The SMILES string of the molecule is CCC(N)(CC)c1nc(COC)c(C(=O)O)s1. The second-order valence-electron chi connectivity index (χ2n) is 3.90. The number of nitrogens with zero attached hydrogens (tertiary/aromatic N) is 1. The van der Waals surface area contributed by atoms with Gasteiger partial charge in [-0.2, -0.15) is 0 Å². The lowest BCUT2D eigenvalue weighted by atomic mass is 9.95. The maximum atomic E-state index is 11.1. The molecule has 3 N–H and O–H groups in total. The minimum atomic E-state index is -0.977. The van der Waals surface area contributed by atoms with Crippen molar-refractivity contribution in [3.8, 4) is 0 Å². The third-order valence-corrected chi connectivity index (χ3v) is 4.17. The van der Waals surface area contributed by atoms with Crippen LogP contribution in [0.1, 0.15) is 47.1 Å². The standard InChI is InChI=1S/C11H18N2O3S/c1-4-11(12,5-2)10-13-7(6-16-3)8(17-10)9(14)15/h4-6,12H2,1-3H3,(H,14,15). The molecule has 17 heavy (non-hydrogen) atoms. The highest BCUT2D eigenvalue weighted by molar-refractivity contribution is 7.13. The zero-order valence-corrected chi connectivity index (χ0v) is 11.1. The summed E-state index contributed by atoms with van der Waals surface area (Å²) in [6, 6.07) is 0. The van der Waals surface area contributed by atoms with Crippen molar-refractivity contribution in [2.24, 2.45) is 5.73 Å². The van der Waals surface area contributed by atoms with E-state index in [1.807, 2.05) is 13.8 Å². The molecule has 96 valence electrons. The van der Waals surface area contributed by atoms with E-state index >= 15 is 0 Å². The van der Waals surface area contributed by atoms with Gasteiger partial charge in [0.25, 0.3) is 0 Å². The van der Waals surface area contributed by atoms with E-state index in [0.29, 0.717) is 10.7 Å². The number of aromatic nitrogens is 1. The van der Waals surface area contributed by atoms with Crippen molar-refractivity contribution in [1.82, 2.24) is 4.98 Å². The first-order chi connectivity index (χ1) is 7.98. The molecule has 0 aliphatic carbocycles. The van der Waals surface area contributed by atoms with Gasteiger partial charge in [0.1, 0.15) is 9.88 Å². The third kappa shape index (κ3) is 2.83. The molecular weight excluding hydrogens is 240 g/mol. The van der Waals surface area contributed by atoms with E-state index in [2.05, 4.69) is 4.98 Å². The molecule has 0 radical (unpaired) electrons. The molecular formula is C11H18N2O3S. The van der Waals surface area contributed by atoms with Gasteiger partial charge in [0.05, 0.1) is 17.8 Å². The first kappa shape index (κ1) is 14.1. The minimum absolute atomic E-state index is 0.196. The van der Waals surface area contributed by atoms with Crippen molar-refractivity contribution in [3.63, 3.8) is 0 Å². The van der Waals surface area contributed by atoms with Crippen molar-refractivity contribution >= 4 is 17.3 Å². The molecule has 0 spiro atoms. The molecule has 1 aromatic rings. The van der Waals surface area contributed by atoms with Crippen molar-refractivity contribution in [2.45, 2.75) is 38.8 Å². The van der Waals surface area contributed by atoms with Crippen molar-refractivity contribution in [3.05, 3.63) is 15.6 Å². The third-order valence-electron chi connectivity index (χ3n) is 2.86. The molecule has 5 nitrogen and oxygen atoms in total. The lowest BCUT2D eigenvalue weighted by molar-refractivity contribution is 0.0697. The smallest absolute Gasteiger partial charge is 0.347 e. The topological polar surface area (TPSA) is 85.4 Å². The monoisotopic (exact) mass is 258 g/mol. The van der Waals surface area contributed by atoms with Crippen LogP contribution in [0.4, 0.5) is 0 Å². The number of carboxylic acids is 1. The molecule has 0 aliphatic heterocycles. The van der Waals surface area contributed by atoms with Gasteiger partial charge in [-0.15, -0.1) is 11.3 Å². The summed E-state index contributed by atoms with van der Waals surface area (Å²) in [5, 5.41) is 9.76. The molecule has 6 heteroatoms. The molecule has 0 saturated heterocycles. The Labute approximate surface area is 105 Å². The van der Waals surface area contributed by atoms with Gasteiger partial charge in [-0.3, -0.25) is 0 Å². The normalized spacial score (nSPS) is 11.8. The maximum Gasteiger partial charge on any atom is 0.347 e. The predicted octanol–water partition coefficient (Wildman–Crippen LogP) is 1.96. The predicted molar refractivity (Wildman–Crippen MR) is 66.2 cm³/mol. The zero-order valence-electron chi connectivity index (χ0n) is 10.3. The summed E-state index contributed by atoms with van der Waals surface area (Å²) < 4.78 is 4.95. The molecule has 0 aliphatic rings. The number of rotatable bonds is 6. The average Bonchev–Trinajstić information content (AvgIpc) is 2.73. The van der Waals surface area contributed by atoms with Gasteiger partial charge in [-0.05, 0) is 12.8 Å². The summed E-state index contributed by atoms with van der Waals surface area (Å²) in [5.74, 6) is -0.977. The summed E-state index contributed by atoms with van der Waals surface area (Å²) in [6.45, 7) is 4.14. The Morgan fingerprint density at radius 3 is 2.53 bits per heavy atom. The van der Waals surface area contributed by atoms with Crippen LogP contribution in [-0.4, -0.2) is 23.2 Å². The van der Waals surface area contributed by atoms with Gasteiger partial charge in [0.15, 0.2) is 0 Å². The molecule has 1 aromatic heterocycles. The van der Waals surface area contributed by atoms with E-state index in [-0.39, 0.29) is 11.5 Å². The number of nitrogens with two attached hydrogens (primary N) is 1. The fraction of sp³-hybridized carbons (Fsp3) is 0.636. The number of thiazole rings is 1. The van der Waals surface area contributed by atoms with Crippen LogP contribution in [0.25, 0.3) is 0 Å². The maximum absolute atomic E-state index is 11.1. The van der Waals surface area contributed by atoms with E-state index < -0.39 is 11.5 Å². The fourth-order valence-corrected chi connectivity index (χ4v) is 2.67. The molecule has 0 bridgehead atoms. The number of hydrogen-bond donors (Lipinski definition) is 2. The van der Waals surface area contributed by atoms with Gasteiger partial charge in [-0.1, -0.05) is 13.8 Å². The van der Waals surface area contributed by atoms with Crippen LogP contribution in [-0.2, 0) is 16.9 Å². The lowest BCUT2D eigenvalue weighted by Gasteiger charge is -2.23. The molecule has 0 saturated carbocycles. The van der Waals surface area contributed by atoms with E-state index in [0.717, 1.165) is 24.2 Å². The van der Waals surface area contributed by atoms with Gasteiger partial charge < -0.3 is 15.6 Å². The summed E-state index contributed by atoms with van der Waals surface area (Å²) in [7, 11) is 1.51. The van der Waals surface area contributed by atoms with Crippen LogP contribution in [0, 0.1) is 0 Å². The van der Waals surface area contributed by atoms with Crippen LogP contribution >= 0.6 is 11.3 Å². The summed E-state index contributed by atoms with van der Waals surface area (Å²) in [5.41, 5.74) is 6.13. The molecule has 1 heterocycles. The number of carbonyl (C=O) groups is 1. The zero-order chi connectivity index (χ0) is 13.1. The lowest BCUT2D eigenvalue weighted by Crippen LogP contribution is -2.34. The highest BCUT2D eigenvalue weighted by Gasteiger charge is 2.29. The molecule has 0 atom stereocenters. The van der Waals surface area contributed by atoms with Crippen molar-refractivity contribution in [1.29, 1.82) is 0 Å². The Morgan fingerprint density at radius 1 is 1.53 bits per heavy atom. The Bertz CT molecular complexity index is 399. The van der Waals surface area contributed by atoms with Crippen LogP contribution in [0.15, 0.2) is 0 Å². The second-order valence-corrected chi connectivity index (χ2v) is 4.90. The van der Waals surface area contributed by atoms with Crippen LogP contribution in [0.2, 0.25) is 0 Å². The first-order valence-corrected chi connectivity index (χ1v) is 6.31. The Hall–Kier alpha value is -0.980. The molecule has 0 aromatic carbocycles. The molecule has 0 unspecified atom stereocenters. The van der Waals surface area contributed by atoms with Gasteiger partial charge in [0, 0.05) is 7.11 Å². The number of methoxy groups -OCH3 is 1. The van der Waals surface area contributed by atoms with Crippen molar-refractivity contribution < 1.29 is 14.6 Å². The molecule has 0 amide bonds. The number of ether oxygens (including phenoxy) is 1. The van der Waals surface area contributed by atoms with Crippen LogP contribution in [0.5, 0.6) is 0 Å². The largest absolute Gasteiger partial charge is 0.477 e. The van der Waals surface area contributed by atoms with Gasteiger partial charge in [-0.25, -0.2) is 9.78 Å². The number of hydrogen-bond acceptors (Lipinski definition) is 5. The molecule has 1 rings (SSSR count). The van der Waals surface area contributed by atoms with Gasteiger partial charge >= 0.3 is 5.97 Å². The Balaban J connectivity index is 3.19. The van der Waals surface area contributed by atoms with Crippen molar-refractivity contribution in [2.75, 3.05) is 7.11 Å². The van der Waals surface area contributed by atoms with Crippen LogP contribution < -0.4 is 5.73 Å². The van der Waals surface area contributed by atoms with E-state index in [1.54, 1.807) is 0 Å². The Morgan fingerprint density at radius 2 is 2.12 bits per heavy atom. The minimum Gasteiger partial charge on any atom is -0.477 e. The number of aromatic carboxylic acids is 1. The van der Waals surface area contributed by atoms with E-state index in [1.165, 1.54) is 7.11 Å². The summed E-state index contributed by atoms with van der Waals surface area (Å²) in [6.07, 6.45) is 1.45. The van der Waals surface area contributed by atoms with Gasteiger partial charge in [0.2, 0.25) is 0 Å². The highest BCUT2D eigenvalue weighted by Crippen LogP contribution is 2.31. The summed E-state index contributed by atoms with van der Waals surface area (Å²) >= 11 is 1.15. The summed E-state index contributed by atoms with van der Waals surface area (Å²) in [4.78, 5) is 15.6. The number of carboxylic acid groups (broad SMARTS) is 1. The Kier molecular flexibility index (Phi) is 4.62. The van der Waals surface area contributed by atoms with E-state index in [9.17, 15) is 4.79 Å². The second kappa shape index (κ2) is 5.57. The van der Waals surface area contributed by atoms with Crippen LogP contribution in [0.3, 0.4) is 0 Å². The highest BCUT2D eigenvalue weighted by atomic mass is 32.1.